The van der Waals surface area contributed by atoms with Crippen LogP contribution in [-0.2, 0) is 12.8 Å². The minimum absolute atomic E-state index is 0. The van der Waals surface area contributed by atoms with Gasteiger partial charge in [-0.3, -0.25) is 4.99 Å². The Hall–Kier alpha value is -0.670. The molecule has 25 heavy (non-hydrogen) atoms. The molecule has 0 aromatic carbocycles. The maximum absolute atomic E-state index is 4.72. The standard InChI is InChI=1S/C18H28N4S2.HI/c1-5-15-14(4)24-17(22-15)9-10-20-18(19-6-2)21-12-13(3)16-8-7-11-23-16;/h7-8,11,13H,5-6,9-10,12H2,1-4H3,(H2,19,20,21);1H. The van der Waals surface area contributed by atoms with E-state index >= 15 is 0 Å². The smallest absolute Gasteiger partial charge is 0.191 e. The highest BCUT2D eigenvalue weighted by Crippen LogP contribution is 2.20. The number of thiophene rings is 1. The van der Waals surface area contributed by atoms with Crippen molar-refractivity contribution in [1.29, 1.82) is 0 Å². The number of hydrogen-bond acceptors (Lipinski definition) is 4. The minimum Gasteiger partial charge on any atom is -0.357 e. The third kappa shape index (κ3) is 7.22. The molecule has 2 aromatic rings. The summed E-state index contributed by atoms with van der Waals surface area (Å²) < 4.78 is 0. The average Bonchev–Trinajstić information content (AvgIpc) is 3.22. The van der Waals surface area contributed by atoms with Crippen molar-refractivity contribution >= 4 is 52.6 Å². The van der Waals surface area contributed by atoms with Crippen molar-refractivity contribution in [3.8, 4) is 0 Å². The number of hydrogen-bond donors (Lipinski definition) is 2. The van der Waals surface area contributed by atoms with E-state index in [1.54, 1.807) is 11.3 Å². The van der Waals surface area contributed by atoms with E-state index in [4.69, 9.17) is 9.98 Å². The van der Waals surface area contributed by atoms with Gasteiger partial charge in [0.05, 0.1) is 17.2 Å². The average molecular weight is 492 g/mol. The fourth-order valence-electron chi connectivity index (χ4n) is 2.44. The van der Waals surface area contributed by atoms with Crippen molar-refractivity contribution in [1.82, 2.24) is 15.6 Å². The van der Waals surface area contributed by atoms with E-state index in [0.29, 0.717) is 5.92 Å². The minimum atomic E-state index is 0. The molecule has 2 N–H and O–H groups in total. The molecular weight excluding hydrogens is 463 g/mol. The topological polar surface area (TPSA) is 49.3 Å². The quantitative estimate of drug-likeness (QED) is 0.322. The van der Waals surface area contributed by atoms with Gasteiger partial charge in [0.25, 0.3) is 0 Å². The van der Waals surface area contributed by atoms with Crippen LogP contribution in [0.25, 0.3) is 0 Å². The highest BCUT2D eigenvalue weighted by Gasteiger charge is 2.08. The number of nitrogens with one attached hydrogen (secondary N) is 2. The van der Waals surface area contributed by atoms with Crippen molar-refractivity contribution in [3.05, 3.63) is 38.0 Å². The molecule has 0 aliphatic rings. The van der Waals surface area contributed by atoms with Crippen LogP contribution < -0.4 is 10.6 Å². The summed E-state index contributed by atoms with van der Waals surface area (Å²) in [7, 11) is 0. The summed E-state index contributed by atoms with van der Waals surface area (Å²) in [6.07, 6.45) is 1.96. The molecule has 0 aliphatic heterocycles. The Balaban J connectivity index is 0.00000312. The molecule has 7 heteroatoms. The molecule has 2 aromatic heterocycles. The van der Waals surface area contributed by atoms with Crippen LogP contribution in [0.15, 0.2) is 22.5 Å². The van der Waals surface area contributed by atoms with Gasteiger partial charge in [0, 0.05) is 35.2 Å². The van der Waals surface area contributed by atoms with Gasteiger partial charge in [-0.15, -0.1) is 46.7 Å². The number of aliphatic imine (C=N–C) groups is 1. The SMILES string of the molecule is CCNC(=NCC(C)c1cccs1)NCCc1nc(CC)c(C)s1.I. The first-order valence-electron chi connectivity index (χ1n) is 8.64. The molecule has 0 amide bonds. The van der Waals surface area contributed by atoms with E-state index in [1.165, 1.54) is 20.5 Å². The molecule has 2 rings (SSSR count). The van der Waals surface area contributed by atoms with Crippen LogP contribution in [0.3, 0.4) is 0 Å². The van der Waals surface area contributed by atoms with Crippen molar-refractivity contribution < 1.29 is 0 Å². The van der Waals surface area contributed by atoms with Crippen LogP contribution in [0.2, 0.25) is 0 Å². The van der Waals surface area contributed by atoms with Crippen molar-refractivity contribution in [2.75, 3.05) is 19.6 Å². The third-order valence-corrected chi connectivity index (χ3v) is 5.98. The lowest BCUT2D eigenvalue weighted by Crippen LogP contribution is -2.38. The Labute approximate surface area is 176 Å². The zero-order valence-corrected chi connectivity index (χ0v) is 19.4. The molecule has 1 atom stereocenters. The largest absolute Gasteiger partial charge is 0.357 e. The molecule has 0 saturated heterocycles. The van der Waals surface area contributed by atoms with E-state index in [-0.39, 0.29) is 24.0 Å². The zero-order chi connectivity index (χ0) is 17.4. The monoisotopic (exact) mass is 492 g/mol. The maximum Gasteiger partial charge on any atom is 0.191 e. The van der Waals surface area contributed by atoms with Crippen LogP contribution in [0.4, 0.5) is 0 Å². The van der Waals surface area contributed by atoms with Crippen LogP contribution in [-0.4, -0.2) is 30.6 Å². The van der Waals surface area contributed by atoms with Gasteiger partial charge >= 0.3 is 0 Å². The second-order valence-corrected chi connectivity index (χ2v) is 8.04. The molecule has 140 valence electrons. The van der Waals surface area contributed by atoms with Gasteiger partial charge in [-0.1, -0.05) is 19.9 Å². The Morgan fingerprint density at radius 2 is 2.12 bits per heavy atom. The number of guanidine groups is 1. The summed E-state index contributed by atoms with van der Waals surface area (Å²) in [5.74, 6) is 1.35. The first-order valence-corrected chi connectivity index (χ1v) is 10.3. The Bertz CT molecular complexity index is 638. The van der Waals surface area contributed by atoms with Gasteiger partial charge in [-0.2, -0.15) is 0 Å². The van der Waals surface area contributed by atoms with Gasteiger partial charge in [0.2, 0.25) is 0 Å². The second-order valence-electron chi connectivity index (χ2n) is 5.78. The van der Waals surface area contributed by atoms with E-state index in [0.717, 1.165) is 38.4 Å². The predicted octanol–water partition coefficient (Wildman–Crippen LogP) is 4.59. The molecule has 2 heterocycles. The highest BCUT2D eigenvalue weighted by molar-refractivity contribution is 14.0. The van der Waals surface area contributed by atoms with Crippen molar-refractivity contribution in [3.63, 3.8) is 0 Å². The molecule has 0 fully saturated rings. The normalized spacial score (nSPS) is 12.6. The van der Waals surface area contributed by atoms with Crippen LogP contribution >= 0.6 is 46.7 Å². The summed E-state index contributed by atoms with van der Waals surface area (Å²) in [6.45, 7) is 11.2. The van der Waals surface area contributed by atoms with Crippen molar-refractivity contribution in [2.45, 2.75) is 46.5 Å². The van der Waals surface area contributed by atoms with Gasteiger partial charge in [-0.05, 0) is 31.7 Å². The lowest BCUT2D eigenvalue weighted by Gasteiger charge is -2.12. The number of nitrogens with zero attached hydrogens (tertiary/aromatic N) is 2. The summed E-state index contributed by atoms with van der Waals surface area (Å²) in [5, 5.41) is 10.1. The fraction of sp³-hybridized carbons (Fsp3) is 0.556. The molecule has 1 unspecified atom stereocenters. The molecule has 0 saturated carbocycles. The second kappa shape index (κ2) is 11.9. The molecular formula is C18H29IN4S2. The highest BCUT2D eigenvalue weighted by atomic mass is 127. The number of rotatable bonds is 8. The molecule has 0 bridgehead atoms. The molecule has 0 radical (unpaired) electrons. The lowest BCUT2D eigenvalue weighted by atomic mass is 10.1. The van der Waals surface area contributed by atoms with Gasteiger partial charge in [-0.25, -0.2) is 4.98 Å². The maximum atomic E-state index is 4.72. The van der Waals surface area contributed by atoms with Gasteiger partial charge in [0.1, 0.15) is 0 Å². The van der Waals surface area contributed by atoms with Crippen LogP contribution in [0, 0.1) is 6.92 Å². The summed E-state index contributed by atoms with van der Waals surface area (Å²) in [4.78, 5) is 12.2. The number of thiazole rings is 1. The Morgan fingerprint density at radius 3 is 2.72 bits per heavy atom. The van der Waals surface area contributed by atoms with Crippen LogP contribution in [0.1, 0.15) is 47.1 Å². The van der Waals surface area contributed by atoms with E-state index in [9.17, 15) is 0 Å². The lowest BCUT2D eigenvalue weighted by molar-refractivity contribution is 0.753. The van der Waals surface area contributed by atoms with Crippen molar-refractivity contribution in [2.24, 2.45) is 4.99 Å². The number of halogens is 1. The zero-order valence-electron chi connectivity index (χ0n) is 15.5. The first-order chi connectivity index (χ1) is 11.6. The number of aryl methyl sites for hydroxylation is 2. The summed E-state index contributed by atoms with van der Waals surface area (Å²) in [5.41, 5.74) is 1.24. The summed E-state index contributed by atoms with van der Waals surface area (Å²) in [6, 6.07) is 4.28. The summed E-state index contributed by atoms with van der Waals surface area (Å²) >= 11 is 3.61. The number of aromatic nitrogens is 1. The molecule has 0 aliphatic carbocycles. The first kappa shape index (κ1) is 22.4. The van der Waals surface area contributed by atoms with Gasteiger partial charge in [0.15, 0.2) is 5.96 Å². The molecule has 0 spiro atoms. The van der Waals surface area contributed by atoms with E-state index in [2.05, 4.69) is 55.8 Å². The Morgan fingerprint density at radius 1 is 1.32 bits per heavy atom. The Kier molecular flexibility index (Phi) is 10.6. The predicted molar refractivity (Wildman–Crippen MR) is 122 cm³/mol. The van der Waals surface area contributed by atoms with Crippen LogP contribution in [0.5, 0.6) is 0 Å². The fourth-order valence-corrected chi connectivity index (χ4v) is 4.24. The third-order valence-electron chi connectivity index (χ3n) is 3.80. The van der Waals surface area contributed by atoms with E-state index in [1.807, 2.05) is 11.3 Å². The van der Waals surface area contributed by atoms with Gasteiger partial charge < -0.3 is 10.6 Å². The molecule has 4 nitrogen and oxygen atoms in total. The van der Waals surface area contributed by atoms with E-state index < -0.39 is 0 Å².